The molecule has 1 atom stereocenters. The molecule has 0 radical (unpaired) electrons. The molecule has 0 spiro atoms. The lowest BCUT2D eigenvalue weighted by Gasteiger charge is -2.30. The van der Waals surface area contributed by atoms with Gasteiger partial charge in [-0.2, -0.15) is 0 Å². The van der Waals surface area contributed by atoms with Gasteiger partial charge in [0.2, 0.25) is 0 Å². The number of nitrogens with two attached hydrogens (primary N) is 1. The lowest BCUT2D eigenvalue weighted by Crippen LogP contribution is -2.38. The molecule has 1 heterocycles. The summed E-state index contributed by atoms with van der Waals surface area (Å²) in [5.41, 5.74) is 6.05. The van der Waals surface area contributed by atoms with Crippen molar-refractivity contribution in [3.63, 3.8) is 0 Å². The van der Waals surface area contributed by atoms with Crippen LogP contribution in [0.1, 0.15) is 29.6 Å². The number of carbonyl (C=O) groups excluding carboxylic acids is 1. The average Bonchev–Trinajstić information content (AvgIpc) is 2.47. The highest BCUT2D eigenvalue weighted by Gasteiger charge is 2.23. The molecule has 0 aliphatic carbocycles. The van der Waals surface area contributed by atoms with Crippen LogP contribution >= 0.6 is 0 Å². The summed E-state index contributed by atoms with van der Waals surface area (Å²) in [4.78, 5) is 14.5. The summed E-state index contributed by atoms with van der Waals surface area (Å²) < 4.78 is 11.5. The third kappa shape index (κ3) is 3.95. The molecule has 1 fully saturated rings. The van der Waals surface area contributed by atoms with Gasteiger partial charge < -0.3 is 20.1 Å². The molecule has 1 aromatic carbocycles. The Kier molecular flexibility index (Phi) is 5.59. The number of rotatable bonds is 6. The van der Waals surface area contributed by atoms with Crippen molar-refractivity contribution in [2.24, 2.45) is 5.73 Å². The molecule has 1 aliphatic heterocycles. The van der Waals surface area contributed by atoms with E-state index < -0.39 is 0 Å². The maximum absolute atomic E-state index is 12.2. The number of methoxy groups -OCH3 is 1. The summed E-state index contributed by atoms with van der Waals surface area (Å²) in [7, 11) is 3.67. The third-order valence-electron chi connectivity index (χ3n) is 3.74. The summed E-state index contributed by atoms with van der Waals surface area (Å²) in [6, 6.07) is 5.41. The van der Waals surface area contributed by atoms with Crippen molar-refractivity contribution < 1.29 is 14.3 Å². The van der Waals surface area contributed by atoms with Gasteiger partial charge in [-0.3, -0.25) is 4.79 Å². The largest absolute Gasteiger partial charge is 0.493 e. The second kappa shape index (κ2) is 7.43. The van der Waals surface area contributed by atoms with E-state index in [4.69, 9.17) is 15.2 Å². The van der Waals surface area contributed by atoms with Crippen LogP contribution in [0.2, 0.25) is 0 Å². The van der Waals surface area contributed by atoms with E-state index in [0.717, 1.165) is 25.9 Å². The first kappa shape index (κ1) is 15.8. The third-order valence-corrected chi connectivity index (χ3v) is 3.74. The van der Waals surface area contributed by atoms with Crippen LogP contribution in [0.15, 0.2) is 18.2 Å². The molecular formula is C16H24N2O3. The van der Waals surface area contributed by atoms with E-state index in [1.807, 2.05) is 12.1 Å². The fraction of sp³-hybridized carbons (Fsp3) is 0.562. The normalized spacial score (nSPS) is 19.3. The predicted molar refractivity (Wildman–Crippen MR) is 82.1 cm³/mol. The second-order valence-electron chi connectivity index (χ2n) is 5.44. The standard InChI is InChI=1S/C16H24N2O3/c1-18-10-4-5-12(11-18)21-16-13(14(19)8-9-17)6-3-7-15(16)20-2/h3,6-7,12H,4-5,8-11,17H2,1-2H3. The molecule has 2 N–H and O–H groups in total. The maximum atomic E-state index is 12.2. The molecule has 0 bridgehead atoms. The number of hydrogen-bond donors (Lipinski definition) is 1. The van der Waals surface area contributed by atoms with Gasteiger partial charge in [-0.15, -0.1) is 0 Å². The van der Waals surface area contributed by atoms with Crippen LogP contribution in [-0.4, -0.2) is 50.6 Å². The van der Waals surface area contributed by atoms with Crippen LogP contribution in [0.25, 0.3) is 0 Å². The molecule has 116 valence electrons. The summed E-state index contributed by atoms with van der Waals surface area (Å²) in [6.45, 7) is 2.29. The quantitative estimate of drug-likeness (QED) is 0.808. The minimum atomic E-state index is -0.00411. The van der Waals surface area contributed by atoms with Crippen molar-refractivity contribution in [3.05, 3.63) is 23.8 Å². The minimum Gasteiger partial charge on any atom is -0.493 e. The number of benzene rings is 1. The van der Waals surface area contributed by atoms with Crippen LogP contribution in [0.5, 0.6) is 11.5 Å². The zero-order valence-corrected chi connectivity index (χ0v) is 12.8. The van der Waals surface area contributed by atoms with Crippen molar-refractivity contribution in [2.75, 3.05) is 33.8 Å². The first-order valence-electron chi connectivity index (χ1n) is 7.41. The van der Waals surface area contributed by atoms with Crippen LogP contribution in [0.4, 0.5) is 0 Å². The van der Waals surface area contributed by atoms with Gasteiger partial charge in [0.05, 0.1) is 12.7 Å². The molecule has 21 heavy (non-hydrogen) atoms. The number of para-hydroxylation sites is 1. The highest BCUT2D eigenvalue weighted by molar-refractivity contribution is 5.99. The molecule has 2 rings (SSSR count). The van der Waals surface area contributed by atoms with Crippen molar-refractivity contribution in [1.29, 1.82) is 0 Å². The SMILES string of the molecule is COc1cccc(C(=O)CCN)c1OC1CCCN(C)C1. The molecule has 1 unspecified atom stereocenters. The number of Topliss-reactive ketones (excluding diaryl/α,β-unsaturated/α-hetero) is 1. The number of ether oxygens (including phenoxy) is 2. The van der Waals surface area contributed by atoms with Crippen LogP contribution < -0.4 is 15.2 Å². The van der Waals surface area contributed by atoms with Gasteiger partial charge in [-0.1, -0.05) is 6.07 Å². The van der Waals surface area contributed by atoms with Gasteiger partial charge in [0, 0.05) is 13.0 Å². The Morgan fingerprint density at radius 1 is 1.48 bits per heavy atom. The summed E-state index contributed by atoms with van der Waals surface area (Å²) in [5.74, 6) is 1.15. The van der Waals surface area contributed by atoms with Gasteiger partial charge in [0.25, 0.3) is 0 Å². The molecule has 0 aromatic heterocycles. The monoisotopic (exact) mass is 292 g/mol. The van der Waals surface area contributed by atoms with E-state index in [0.29, 0.717) is 30.0 Å². The molecule has 0 saturated carbocycles. The first-order chi connectivity index (χ1) is 10.2. The van der Waals surface area contributed by atoms with Crippen molar-refractivity contribution >= 4 is 5.78 Å². The van der Waals surface area contributed by atoms with Gasteiger partial charge in [0.1, 0.15) is 6.10 Å². The Bertz CT molecular complexity index is 490. The zero-order valence-electron chi connectivity index (χ0n) is 12.8. The number of nitrogens with zero attached hydrogens (tertiary/aromatic N) is 1. The number of likely N-dealkylation sites (tertiary alicyclic amines) is 1. The molecular weight excluding hydrogens is 268 g/mol. The van der Waals surface area contributed by atoms with Gasteiger partial charge in [0.15, 0.2) is 17.3 Å². The lowest BCUT2D eigenvalue weighted by atomic mass is 10.1. The molecule has 1 aromatic rings. The number of ketones is 1. The van der Waals surface area contributed by atoms with Crippen molar-refractivity contribution in [1.82, 2.24) is 4.90 Å². The van der Waals surface area contributed by atoms with E-state index in [1.54, 1.807) is 13.2 Å². The Labute approximate surface area is 126 Å². The van der Waals surface area contributed by atoms with Gasteiger partial charge >= 0.3 is 0 Å². The predicted octanol–water partition coefficient (Wildman–Crippen LogP) is 1.70. The number of carbonyl (C=O) groups is 1. The zero-order chi connectivity index (χ0) is 15.2. The highest BCUT2D eigenvalue weighted by atomic mass is 16.5. The van der Waals surface area contributed by atoms with E-state index in [1.165, 1.54) is 0 Å². The fourth-order valence-corrected chi connectivity index (χ4v) is 2.67. The highest BCUT2D eigenvalue weighted by Crippen LogP contribution is 2.33. The first-order valence-corrected chi connectivity index (χ1v) is 7.41. The van der Waals surface area contributed by atoms with E-state index in [2.05, 4.69) is 11.9 Å². The minimum absolute atomic E-state index is 0.00411. The number of likely N-dealkylation sites (N-methyl/N-ethyl adjacent to an activating group) is 1. The Balaban J connectivity index is 2.24. The van der Waals surface area contributed by atoms with E-state index >= 15 is 0 Å². The topological polar surface area (TPSA) is 64.8 Å². The smallest absolute Gasteiger partial charge is 0.172 e. The molecule has 5 nitrogen and oxygen atoms in total. The molecule has 0 amide bonds. The Morgan fingerprint density at radius 2 is 2.29 bits per heavy atom. The Hall–Kier alpha value is -1.59. The van der Waals surface area contributed by atoms with Crippen LogP contribution in [0.3, 0.4) is 0 Å². The lowest BCUT2D eigenvalue weighted by molar-refractivity contribution is 0.0923. The second-order valence-corrected chi connectivity index (χ2v) is 5.44. The van der Waals surface area contributed by atoms with E-state index in [9.17, 15) is 4.79 Å². The summed E-state index contributed by atoms with van der Waals surface area (Å²) in [6.07, 6.45) is 2.49. The van der Waals surface area contributed by atoms with E-state index in [-0.39, 0.29) is 11.9 Å². The van der Waals surface area contributed by atoms with Crippen LogP contribution in [-0.2, 0) is 0 Å². The fourth-order valence-electron chi connectivity index (χ4n) is 2.67. The molecule has 1 aliphatic rings. The van der Waals surface area contributed by atoms with Gasteiger partial charge in [-0.25, -0.2) is 0 Å². The Morgan fingerprint density at radius 3 is 2.95 bits per heavy atom. The number of piperidine rings is 1. The van der Waals surface area contributed by atoms with Crippen molar-refractivity contribution in [3.8, 4) is 11.5 Å². The molecule has 1 saturated heterocycles. The maximum Gasteiger partial charge on any atom is 0.172 e. The summed E-state index contributed by atoms with van der Waals surface area (Å²) >= 11 is 0. The van der Waals surface area contributed by atoms with Crippen LogP contribution in [0, 0.1) is 0 Å². The van der Waals surface area contributed by atoms with Crippen molar-refractivity contribution in [2.45, 2.75) is 25.4 Å². The molecule has 5 heteroatoms. The summed E-state index contributed by atoms with van der Waals surface area (Å²) in [5, 5.41) is 0. The number of hydrogen-bond acceptors (Lipinski definition) is 5. The average molecular weight is 292 g/mol. The van der Waals surface area contributed by atoms with Gasteiger partial charge in [-0.05, 0) is 45.1 Å².